The number of benzene rings is 1. The summed E-state index contributed by atoms with van der Waals surface area (Å²) >= 11 is -2.95. The molecule has 0 saturated carbocycles. The highest BCUT2D eigenvalue weighted by molar-refractivity contribution is 7.91. The number of hydrogen-bond donors (Lipinski definition) is 1. The third-order valence-electron chi connectivity index (χ3n) is 3.43. The second-order valence-electron chi connectivity index (χ2n) is 5.19. The van der Waals surface area contributed by atoms with Crippen LogP contribution in [0.2, 0.25) is 0 Å². The maximum absolute atomic E-state index is 14.4. The van der Waals surface area contributed by atoms with E-state index < -0.39 is 87.3 Å². The zero-order valence-corrected chi connectivity index (χ0v) is 15.7. The van der Waals surface area contributed by atoms with Gasteiger partial charge in [-0.3, -0.25) is 13.2 Å². The molecule has 1 aromatic rings. The first kappa shape index (κ1) is 23.3. The number of anilines is 1. The number of nitrogens with zero attached hydrogens (tertiary/aromatic N) is 1. The molecule has 0 aliphatic heterocycles. The number of rotatable bonds is 10. The van der Waals surface area contributed by atoms with Crippen LogP contribution >= 0.6 is 0 Å². The minimum absolute atomic E-state index is 0.346. The molecule has 0 saturated heterocycles. The van der Waals surface area contributed by atoms with E-state index in [4.69, 9.17) is 0 Å². The van der Waals surface area contributed by atoms with Crippen molar-refractivity contribution in [1.29, 1.82) is 0 Å². The fraction of sp³-hybridized carbons (Fsp3) is 0.500. The van der Waals surface area contributed by atoms with E-state index in [0.717, 1.165) is 13.2 Å². The maximum Gasteiger partial charge on any atom is 0.343 e. The van der Waals surface area contributed by atoms with Gasteiger partial charge in [0.2, 0.25) is 5.50 Å². The molecule has 27 heavy (non-hydrogen) atoms. The number of alkyl halides is 2. The lowest BCUT2D eigenvalue weighted by atomic mass is 10.1. The zero-order chi connectivity index (χ0) is 20.8. The van der Waals surface area contributed by atoms with Crippen molar-refractivity contribution >= 4 is 32.8 Å². The molecule has 7 nitrogen and oxygen atoms in total. The van der Waals surface area contributed by atoms with E-state index in [-0.39, 0.29) is 0 Å². The van der Waals surface area contributed by atoms with E-state index in [1.54, 1.807) is 0 Å². The minimum atomic E-state index is -4.31. The van der Waals surface area contributed by atoms with E-state index in [1.807, 2.05) is 0 Å². The number of sulfone groups is 1. The quantitative estimate of drug-likeness (QED) is 0.343. The normalized spacial score (nSPS) is 13.9. The van der Waals surface area contributed by atoms with Gasteiger partial charge in [0.15, 0.2) is 15.7 Å². The van der Waals surface area contributed by atoms with Crippen molar-refractivity contribution in [2.45, 2.75) is 18.3 Å². The van der Waals surface area contributed by atoms with E-state index in [1.165, 1.54) is 0 Å². The SMILES string of the molecule is COC(=O)c1c(F)ccc(N(CCC(F)S(=O)(=O)CCCF)S(=O)O)c1F. The molecule has 0 amide bonds. The third kappa shape index (κ3) is 5.87. The van der Waals surface area contributed by atoms with Crippen LogP contribution in [0.4, 0.5) is 23.2 Å². The Hall–Kier alpha value is -1.73. The maximum atomic E-state index is 14.4. The molecule has 2 unspecified atom stereocenters. The number of halogens is 4. The molecule has 0 heterocycles. The highest BCUT2D eigenvalue weighted by atomic mass is 32.2. The van der Waals surface area contributed by atoms with Gasteiger partial charge in [-0.1, -0.05) is 0 Å². The van der Waals surface area contributed by atoms with Gasteiger partial charge in [0.25, 0.3) is 11.3 Å². The predicted octanol–water partition coefficient (Wildman–Crippen LogP) is 2.15. The molecule has 0 bridgehead atoms. The van der Waals surface area contributed by atoms with Gasteiger partial charge in [-0.05, 0) is 18.6 Å². The Morgan fingerprint density at radius 2 is 2.00 bits per heavy atom. The Bertz CT molecular complexity index is 805. The summed E-state index contributed by atoms with van der Waals surface area (Å²) in [6.45, 7) is -1.72. The smallest absolute Gasteiger partial charge is 0.343 e. The zero-order valence-electron chi connectivity index (χ0n) is 14.0. The molecular formula is C14H17F4NO6S2. The number of esters is 1. The average molecular weight is 435 g/mol. The number of carbonyl (C=O) groups is 1. The molecule has 13 heteroatoms. The van der Waals surface area contributed by atoms with Gasteiger partial charge in [0, 0.05) is 13.0 Å². The molecule has 1 N–H and O–H groups in total. The Balaban J connectivity index is 3.11. The number of methoxy groups -OCH3 is 1. The van der Waals surface area contributed by atoms with Crippen molar-refractivity contribution in [1.82, 2.24) is 0 Å². The van der Waals surface area contributed by atoms with Crippen LogP contribution in [0.3, 0.4) is 0 Å². The molecule has 0 aliphatic rings. The average Bonchev–Trinajstić information content (AvgIpc) is 2.61. The predicted molar refractivity (Wildman–Crippen MR) is 89.7 cm³/mol. The summed E-state index contributed by atoms with van der Waals surface area (Å²) in [7, 11) is -3.44. The first-order valence-corrected chi connectivity index (χ1v) is 10.2. The molecule has 0 spiro atoms. The van der Waals surface area contributed by atoms with Crippen LogP contribution in [0.5, 0.6) is 0 Å². The highest BCUT2D eigenvalue weighted by Gasteiger charge is 2.29. The fourth-order valence-corrected chi connectivity index (χ4v) is 3.89. The molecule has 2 atom stereocenters. The fourth-order valence-electron chi connectivity index (χ4n) is 2.09. The van der Waals surface area contributed by atoms with Gasteiger partial charge < -0.3 is 4.74 Å². The molecule has 1 rings (SSSR count). The van der Waals surface area contributed by atoms with Crippen molar-refractivity contribution in [3.63, 3.8) is 0 Å². The Labute approximate surface area is 155 Å². The number of ether oxygens (including phenoxy) is 1. The lowest BCUT2D eigenvalue weighted by Crippen LogP contribution is -2.32. The Kier molecular flexibility index (Phi) is 8.62. The first-order valence-electron chi connectivity index (χ1n) is 7.43. The first-order chi connectivity index (χ1) is 12.6. The molecule has 0 radical (unpaired) electrons. The van der Waals surface area contributed by atoms with Gasteiger partial charge in [0.05, 0.1) is 25.2 Å². The minimum Gasteiger partial charge on any atom is -0.465 e. The summed E-state index contributed by atoms with van der Waals surface area (Å²) in [5.41, 5.74) is -4.34. The summed E-state index contributed by atoms with van der Waals surface area (Å²) in [4.78, 5) is 11.5. The van der Waals surface area contributed by atoms with E-state index >= 15 is 0 Å². The largest absolute Gasteiger partial charge is 0.465 e. The molecule has 0 aromatic heterocycles. The van der Waals surface area contributed by atoms with Gasteiger partial charge in [0.1, 0.15) is 11.4 Å². The third-order valence-corrected chi connectivity index (χ3v) is 6.06. The van der Waals surface area contributed by atoms with Crippen LogP contribution in [0, 0.1) is 11.6 Å². The van der Waals surface area contributed by atoms with Crippen molar-refractivity contribution in [2.75, 3.05) is 30.4 Å². The number of hydrogen-bond acceptors (Lipinski definition) is 5. The molecule has 1 aromatic carbocycles. The van der Waals surface area contributed by atoms with Gasteiger partial charge in [-0.25, -0.2) is 30.6 Å². The van der Waals surface area contributed by atoms with E-state index in [9.17, 15) is 39.5 Å². The van der Waals surface area contributed by atoms with Crippen LogP contribution in [-0.4, -0.2) is 54.7 Å². The topological polar surface area (TPSA) is 101 Å². The summed E-state index contributed by atoms with van der Waals surface area (Å²) in [5.74, 6) is -4.96. The van der Waals surface area contributed by atoms with Crippen LogP contribution in [-0.2, 0) is 25.8 Å². The Morgan fingerprint density at radius 1 is 1.37 bits per heavy atom. The van der Waals surface area contributed by atoms with Crippen molar-refractivity contribution < 1.29 is 44.3 Å². The van der Waals surface area contributed by atoms with Gasteiger partial charge >= 0.3 is 5.97 Å². The summed E-state index contributed by atoms with van der Waals surface area (Å²) < 4.78 is 103. The second-order valence-corrected chi connectivity index (χ2v) is 8.34. The van der Waals surface area contributed by atoms with E-state index in [0.29, 0.717) is 10.4 Å². The van der Waals surface area contributed by atoms with Gasteiger partial charge in [-0.15, -0.1) is 0 Å². The van der Waals surface area contributed by atoms with Crippen LogP contribution in [0.15, 0.2) is 12.1 Å². The summed E-state index contributed by atoms with van der Waals surface area (Å²) in [5, 5.41) is 0. The lowest BCUT2D eigenvalue weighted by Gasteiger charge is -2.22. The van der Waals surface area contributed by atoms with Crippen LogP contribution < -0.4 is 4.31 Å². The summed E-state index contributed by atoms with van der Waals surface area (Å²) in [6, 6.07) is 1.37. The summed E-state index contributed by atoms with van der Waals surface area (Å²) in [6.07, 6.45) is -1.25. The molecule has 0 aliphatic carbocycles. The van der Waals surface area contributed by atoms with Crippen molar-refractivity contribution in [2.24, 2.45) is 0 Å². The highest BCUT2D eigenvalue weighted by Crippen LogP contribution is 2.27. The molecule has 154 valence electrons. The second kappa shape index (κ2) is 9.99. The number of carbonyl (C=O) groups excluding carboxylic acids is 1. The van der Waals surface area contributed by atoms with Crippen molar-refractivity contribution in [3.8, 4) is 0 Å². The van der Waals surface area contributed by atoms with Crippen LogP contribution in [0.25, 0.3) is 0 Å². The monoisotopic (exact) mass is 435 g/mol. The molecular weight excluding hydrogens is 418 g/mol. The Morgan fingerprint density at radius 3 is 2.52 bits per heavy atom. The van der Waals surface area contributed by atoms with E-state index in [2.05, 4.69) is 4.74 Å². The van der Waals surface area contributed by atoms with Gasteiger partial charge in [-0.2, -0.15) is 0 Å². The lowest BCUT2D eigenvalue weighted by molar-refractivity contribution is 0.0590. The standard InChI is InChI=1S/C14H17F4NO6S2/c1-25-14(20)12-9(16)3-4-10(13(12)18)19(26(21)22)7-5-11(17)27(23,24)8-2-6-15/h3-4,11H,2,5-8H2,1H3,(H,21,22). The van der Waals surface area contributed by atoms with Crippen molar-refractivity contribution in [3.05, 3.63) is 29.3 Å². The molecule has 0 fully saturated rings. The van der Waals surface area contributed by atoms with Crippen LogP contribution in [0.1, 0.15) is 23.2 Å².